The molecule has 3 aromatic rings. The van der Waals surface area contributed by atoms with Crippen LogP contribution < -0.4 is 5.32 Å². The van der Waals surface area contributed by atoms with Crippen LogP contribution >= 0.6 is 11.3 Å². The Labute approximate surface area is 144 Å². The Hall–Kier alpha value is -2.21. The number of nitrogens with one attached hydrogen (secondary N) is 1. The van der Waals surface area contributed by atoms with Crippen LogP contribution in [0.3, 0.4) is 0 Å². The van der Waals surface area contributed by atoms with Crippen LogP contribution in [0, 0.1) is 5.92 Å². The second kappa shape index (κ2) is 6.02. The smallest absolute Gasteiger partial charge is 0.252 e. The Balaban J connectivity index is 1.56. The summed E-state index contributed by atoms with van der Waals surface area (Å²) in [6.45, 7) is 4.23. The fourth-order valence-electron chi connectivity index (χ4n) is 3.36. The van der Waals surface area contributed by atoms with Gasteiger partial charge in [0.1, 0.15) is 0 Å². The van der Waals surface area contributed by atoms with E-state index in [1.165, 1.54) is 10.4 Å². The number of fused-ring (bicyclic) bond motifs is 2. The van der Waals surface area contributed by atoms with E-state index in [2.05, 4.69) is 22.4 Å². The lowest BCUT2D eigenvalue weighted by molar-refractivity contribution is 0.0937. The lowest BCUT2D eigenvalue weighted by Gasteiger charge is -2.19. The van der Waals surface area contributed by atoms with Crippen LogP contribution in [0.25, 0.3) is 5.65 Å². The Morgan fingerprint density at radius 3 is 3.17 bits per heavy atom. The largest absolute Gasteiger partial charge is 0.342 e. The predicted octanol–water partition coefficient (Wildman–Crippen LogP) is 3.41. The van der Waals surface area contributed by atoms with Crippen LogP contribution in [0.15, 0.2) is 29.8 Å². The quantitative estimate of drug-likeness (QED) is 0.795. The minimum atomic E-state index is -0.201. The molecular formula is C18H20N4OS. The lowest BCUT2D eigenvalue weighted by atomic mass is 9.88. The van der Waals surface area contributed by atoms with Gasteiger partial charge in [-0.15, -0.1) is 21.5 Å². The summed E-state index contributed by atoms with van der Waals surface area (Å²) in [7, 11) is 0. The van der Waals surface area contributed by atoms with Crippen molar-refractivity contribution in [1.29, 1.82) is 0 Å². The SMILES string of the molecule is CC1CCc2c(C(=O)NC(C)c3nnc4ccccn34)csc2C1. The molecule has 6 heteroatoms. The van der Waals surface area contributed by atoms with Crippen molar-refractivity contribution in [2.45, 2.75) is 39.2 Å². The minimum absolute atomic E-state index is 0.0118. The van der Waals surface area contributed by atoms with E-state index < -0.39 is 0 Å². The van der Waals surface area contributed by atoms with E-state index in [0.717, 1.165) is 36.3 Å². The third kappa shape index (κ3) is 2.60. The molecule has 2 unspecified atom stereocenters. The zero-order valence-corrected chi connectivity index (χ0v) is 14.6. The first-order valence-electron chi connectivity index (χ1n) is 8.33. The van der Waals surface area contributed by atoms with Crippen LogP contribution in [0.4, 0.5) is 0 Å². The highest BCUT2D eigenvalue weighted by Crippen LogP contribution is 2.33. The van der Waals surface area contributed by atoms with Gasteiger partial charge in [-0.3, -0.25) is 9.20 Å². The molecule has 3 aromatic heterocycles. The van der Waals surface area contributed by atoms with Crippen LogP contribution in [0.2, 0.25) is 0 Å². The van der Waals surface area contributed by atoms with Gasteiger partial charge in [0.15, 0.2) is 11.5 Å². The number of pyridine rings is 1. The molecule has 0 bridgehead atoms. The summed E-state index contributed by atoms with van der Waals surface area (Å²) in [6, 6.07) is 5.56. The number of hydrogen-bond donors (Lipinski definition) is 1. The van der Waals surface area contributed by atoms with Crippen molar-refractivity contribution >= 4 is 22.9 Å². The fourth-order valence-corrected chi connectivity index (χ4v) is 4.61. The van der Waals surface area contributed by atoms with E-state index in [1.54, 1.807) is 11.3 Å². The number of thiophene rings is 1. The third-order valence-corrected chi connectivity index (χ3v) is 5.77. The molecule has 0 aromatic carbocycles. The number of carbonyl (C=O) groups excluding carboxylic acids is 1. The Morgan fingerprint density at radius 2 is 2.29 bits per heavy atom. The van der Waals surface area contributed by atoms with Crippen LogP contribution in [0.1, 0.15) is 52.9 Å². The number of carbonyl (C=O) groups is 1. The molecule has 5 nitrogen and oxygen atoms in total. The number of rotatable bonds is 3. The van der Waals surface area contributed by atoms with Crippen molar-refractivity contribution in [3.05, 3.63) is 51.6 Å². The molecule has 0 radical (unpaired) electrons. The average molecular weight is 340 g/mol. The molecule has 2 atom stereocenters. The van der Waals surface area contributed by atoms with Gasteiger partial charge in [0.25, 0.3) is 5.91 Å². The van der Waals surface area contributed by atoms with Crippen molar-refractivity contribution in [1.82, 2.24) is 19.9 Å². The highest BCUT2D eigenvalue weighted by molar-refractivity contribution is 7.10. The van der Waals surface area contributed by atoms with Crippen molar-refractivity contribution in [2.75, 3.05) is 0 Å². The number of nitrogens with zero attached hydrogens (tertiary/aromatic N) is 3. The maximum absolute atomic E-state index is 12.7. The van der Waals surface area contributed by atoms with Crippen molar-refractivity contribution in [2.24, 2.45) is 5.92 Å². The Kier molecular flexibility index (Phi) is 3.84. The predicted molar refractivity (Wildman–Crippen MR) is 94.4 cm³/mol. The summed E-state index contributed by atoms with van der Waals surface area (Å²) < 4.78 is 1.91. The van der Waals surface area contributed by atoms with Crippen LogP contribution in [0.5, 0.6) is 0 Å². The maximum Gasteiger partial charge on any atom is 0.252 e. The highest BCUT2D eigenvalue weighted by atomic mass is 32.1. The third-order valence-electron chi connectivity index (χ3n) is 4.72. The molecule has 0 aliphatic heterocycles. The average Bonchev–Trinajstić information content (AvgIpc) is 3.18. The number of aromatic nitrogens is 3. The molecule has 3 heterocycles. The summed E-state index contributed by atoms with van der Waals surface area (Å²) in [4.78, 5) is 14.1. The van der Waals surface area contributed by atoms with Crippen molar-refractivity contribution in [3.8, 4) is 0 Å². The van der Waals surface area contributed by atoms with Gasteiger partial charge >= 0.3 is 0 Å². The molecule has 1 N–H and O–H groups in total. The molecule has 1 aliphatic rings. The van der Waals surface area contributed by atoms with Crippen molar-refractivity contribution < 1.29 is 4.79 Å². The second-order valence-corrected chi connectivity index (χ2v) is 7.55. The first kappa shape index (κ1) is 15.3. The van der Waals surface area contributed by atoms with Gasteiger partial charge in [-0.25, -0.2) is 0 Å². The van der Waals surface area contributed by atoms with Crippen LogP contribution in [-0.2, 0) is 12.8 Å². The molecule has 24 heavy (non-hydrogen) atoms. The molecule has 124 valence electrons. The van der Waals surface area contributed by atoms with E-state index in [0.29, 0.717) is 5.92 Å². The van der Waals surface area contributed by atoms with E-state index in [4.69, 9.17) is 0 Å². The second-order valence-electron chi connectivity index (χ2n) is 6.58. The molecule has 4 rings (SSSR count). The Morgan fingerprint density at radius 1 is 1.42 bits per heavy atom. The molecule has 0 saturated carbocycles. The van der Waals surface area contributed by atoms with E-state index in [-0.39, 0.29) is 11.9 Å². The van der Waals surface area contributed by atoms with Gasteiger partial charge in [0.2, 0.25) is 0 Å². The molecule has 0 spiro atoms. The normalized spacial score (nSPS) is 18.3. The zero-order chi connectivity index (χ0) is 16.7. The van der Waals surface area contributed by atoms with Gasteiger partial charge in [-0.1, -0.05) is 13.0 Å². The van der Waals surface area contributed by atoms with Gasteiger partial charge in [0, 0.05) is 16.5 Å². The highest BCUT2D eigenvalue weighted by Gasteiger charge is 2.24. The van der Waals surface area contributed by atoms with E-state index in [9.17, 15) is 4.79 Å². The first-order valence-corrected chi connectivity index (χ1v) is 9.21. The van der Waals surface area contributed by atoms with Crippen molar-refractivity contribution in [3.63, 3.8) is 0 Å². The lowest BCUT2D eigenvalue weighted by Crippen LogP contribution is -2.28. The molecule has 1 aliphatic carbocycles. The van der Waals surface area contributed by atoms with Gasteiger partial charge in [0.05, 0.1) is 11.6 Å². The zero-order valence-electron chi connectivity index (χ0n) is 13.8. The number of amides is 1. The summed E-state index contributed by atoms with van der Waals surface area (Å²) in [5, 5.41) is 13.5. The summed E-state index contributed by atoms with van der Waals surface area (Å²) in [5.74, 6) is 1.45. The molecular weight excluding hydrogens is 320 g/mol. The van der Waals surface area contributed by atoms with E-state index in [1.807, 2.05) is 41.1 Å². The molecule has 0 fully saturated rings. The standard InChI is InChI=1S/C18H20N4OS/c1-11-6-7-13-14(10-24-15(13)9-11)18(23)19-12(2)17-21-20-16-5-3-4-8-22(16)17/h3-5,8,10-12H,6-7,9H2,1-2H3,(H,19,23). The first-order chi connectivity index (χ1) is 11.6. The minimum Gasteiger partial charge on any atom is -0.342 e. The Bertz CT molecular complexity index is 897. The summed E-state index contributed by atoms with van der Waals surface area (Å²) in [6.07, 6.45) is 5.18. The van der Waals surface area contributed by atoms with Gasteiger partial charge < -0.3 is 5.32 Å². The summed E-state index contributed by atoms with van der Waals surface area (Å²) >= 11 is 1.72. The van der Waals surface area contributed by atoms with Crippen LogP contribution in [-0.4, -0.2) is 20.5 Å². The van der Waals surface area contributed by atoms with E-state index >= 15 is 0 Å². The fraction of sp³-hybridized carbons (Fsp3) is 0.389. The number of hydrogen-bond acceptors (Lipinski definition) is 4. The summed E-state index contributed by atoms with van der Waals surface area (Å²) in [5.41, 5.74) is 2.87. The van der Waals surface area contributed by atoms with Gasteiger partial charge in [-0.2, -0.15) is 0 Å². The van der Waals surface area contributed by atoms with Gasteiger partial charge in [-0.05, 0) is 49.8 Å². The molecule has 0 saturated heterocycles. The maximum atomic E-state index is 12.7. The topological polar surface area (TPSA) is 59.3 Å². The monoisotopic (exact) mass is 340 g/mol. The molecule has 1 amide bonds.